The van der Waals surface area contributed by atoms with E-state index >= 15 is 0 Å². The summed E-state index contributed by atoms with van der Waals surface area (Å²) in [7, 11) is 0. The highest BCUT2D eigenvalue weighted by Gasteiger charge is 2.29. The first kappa shape index (κ1) is 21.1. The minimum atomic E-state index is -0.0577. The summed E-state index contributed by atoms with van der Waals surface area (Å²) in [5, 5.41) is 3.37. The highest BCUT2D eigenvalue weighted by Crippen LogP contribution is 2.39. The third kappa shape index (κ3) is 3.78. The monoisotopic (exact) mass is 451 g/mol. The number of likely N-dealkylation sites (tertiary alicyclic amines) is 1. The van der Waals surface area contributed by atoms with Crippen LogP contribution in [0.1, 0.15) is 51.6 Å². The molecule has 3 aliphatic rings. The molecule has 1 amide bonds. The second kappa shape index (κ2) is 8.69. The standard InChI is InChI=1S/C28H29N5O/c1-19-13-23(22-5-4-9-29-16-22)15-25-26(19)30-18-31-27(25)33-12-8-20-6-7-21(14-24(20)17-33)28(34)32-10-2-3-11-32/h4-7,9,13-16,18,27H,2-3,8,10-12,17H2,1H3,(H,30,31). The van der Waals surface area contributed by atoms with Crippen LogP contribution in [0.4, 0.5) is 5.69 Å². The van der Waals surface area contributed by atoms with Gasteiger partial charge in [0, 0.05) is 61.0 Å². The summed E-state index contributed by atoms with van der Waals surface area (Å²) in [5.74, 6) is 0.166. The number of aryl methyl sites for hydroxylation is 1. The molecule has 3 aromatic rings. The number of anilines is 1. The maximum Gasteiger partial charge on any atom is 0.253 e. The largest absolute Gasteiger partial charge is 0.346 e. The summed E-state index contributed by atoms with van der Waals surface area (Å²) in [6.45, 7) is 5.62. The molecule has 6 rings (SSSR count). The van der Waals surface area contributed by atoms with Crippen molar-refractivity contribution in [1.29, 1.82) is 0 Å². The van der Waals surface area contributed by atoms with E-state index in [0.717, 1.165) is 67.8 Å². The zero-order valence-corrected chi connectivity index (χ0v) is 19.5. The third-order valence-corrected chi connectivity index (χ3v) is 7.30. The third-order valence-electron chi connectivity index (χ3n) is 7.30. The van der Waals surface area contributed by atoms with Gasteiger partial charge in [0.1, 0.15) is 6.17 Å². The molecule has 0 radical (unpaired) electrons. The average molecular weight is 452 g/mol. The van der Waals surface area contributed by atoms with E-state index in [-0.39, 0.29) is 12.1 Å². The van der Waals surface area contributed by atoms with Crippen LogP contribution < -0.4 is 5.32 Å². The number of carbonyl (C=O) groups excluding carboxylic acids is 1. The topological polar surface area (TPSA) is 60.8 Å². The van der Waals surface area contributed by atoms with E-state index in [1.807, 2.05) is 29.6 Å². The first-order chi connectivity index (χ1) is 16.7. The zero-order chi connectivity index (χ0) is 23.1. The molecule has 0 bridgehead atoms. The van der Waals surface area contributed by atoms with Crippen LogP contribution in [0.25, 0.3) is 11.1 Å². The van der Waals surface area contributed by atoms with Gasteiger partial charge in [-0.1, -0.05) is 12.1 Å². The van der Waals surface area contributed by atoms with Crippen LogP contribution >= 0.6 is 0 Å². The maximum atomic E-state index is 13.0. The number of hydrogen-bond acceptors (Lipinski definition) is 5. The number of hydrogen-bond donors (Lipinski definition) is 1. The summed E-state index contributed by atoms with van der Waals surface area (Å²) in [4.78, 5) is 26.5. The normalized spacial score (nSPS) is 19.4. The van der Waals surface area contributed by atoms with E-state index in [1.165, 1.54) is 22.3 Å². The lowest BCUT2D eigenvalue weighted by molar-refractivity contribution is 0.0792. The fourth-order valence-electron chi connectivity index (χ4n) is 5.48. The van der Waals surface area contributed by atoms with Gasteiger partial charge in [-0.15, -0.1) is 0 Å². The number of fused-ring (bicyclic) bond motifs is 2. The first-order valence-electron chi connectivity index (χ1n) is 12.2. The van der Waals surface area contributed by atoms with Crippen LogP contribution in [-0.2, 0) is 13.0 Å². The Hall–Kier alpha value is -3.51. The van der Waals surface area contributed by atoms with Gasteiger partial charge in [-0.05, 0) is 78.8 Å². The van der Waals surface area contributed by atoms with Crippen molar-refractivity contribution in [3.05, 3.63) is 82.7 Å². The van der Waals surface area contributed by atoms with Gasteiger partial charge >= 0.3 is 0 Å². The molecule has 4 heterocycles. The molecule has 0 aliphatic carbocycles. The highest BCUT2D eigenvalue weighted by atomic mass is 16.2. The Labute approximate surface area is 200 Å². The second-order valence-corrected chi connectivity index (χ2v) is 9.50. The van der Waals surface area contributed by atoms with Crippen molar-refractivity contribution in [3.8, 4) is 11.1 Å². The zero-order valence-electron chi connectivity index (χ0n) is 19.5. The molecule has 1 atom stereocenters. The Morgan fingerprint density at radius 1 is 1.03 bits per heavy atom. The fraction of sp³-hybridized carbons (Fsp3) is 0.321. The van der Waals surface area contributed by atoms with Crippen LogP contribution in [0.3, 0.4) is 0 Å². The van der Waals surface area contributed by atoms with E-state index in [0.29, 0.717) is 0 Å². The van der Waals surface area contributed by atoms with E-state index in [2.05, 4.69) is 52.5 Å². The summed E-state index contributed by atoms with van der Waals surface area (Å²) < 4.78 is 0. The van der Waals surface area contributed by atoms with Crippen molar-refractivity contribution in [3.63, 3.8) is 0 Å². The lowest BCUT2D eigenvalue weighted by Gasteiger charge is -2.36. The minimum Gasteiger partial charge on any atom is -0.346 e. The Kier molecular flexibility index (Phi) is 5.38. The van der Waals surface area contributed by atoms with Crippen LogP contribution in [0, 0.1) is 6.92 Å². The van der Waals surface area contributed by atoms with Gasteiger partial charge in [-0.25, -0.2) is 0 Å². The quantitative estimate of drug-likeness (QED) is 0.621. The van der Waals surface area contributed by atoms with Crippen molar-refractivity contribution in [2.45, 2.75) is 38.9 Å². The molecule has 6 nitrogen and oxygen atoms in total. The van der Waals surface area contributed by atoms with E-state index in [4.69, 9.17) is 4.99 Å². The summed E-state index contributed by atoms with van der Waals surface area (Å²) in [6.07, 6.45) is 8.66. The molecule has 2 aromatic carbocycles. The number of rotatable bonds is 3. The van der Waals surface area contributed by atoms with Gasteiger partial charge in [0.25, 0.3) is 5.91 Å². The molecule has 1 unspecified atom stereocenters. The smallest absolute Gasteiger partial charge is 0.253 e. The molecule has 34 heavy (non-hydrogen) atoms. The van der Waals surface area contributed by atoms with E-state index in [1.54, 1.807) is 6.20 Å². The molecule has 0 saturated carbocycles. The SMILES string of the molecule is Cc1cc(-c2cccnc2)cc2c1NC=NC2N1CCc2ccc(C(=O)N3CCCC3)cc2C1. The Morgan fingerprint density at radius 3 is 2.74 bits per heavy atom. The molecular formula is C28H29N5O. The predicted molar refractivity (Wildman–Crippen MR) is 135 cm³/mol. The molecule has 1 saturated heterocycles. The highest BCUT2D eigenvalue weighted by molar-refractivity contribution is 5.94. The lowest BCUT2D eigenvalue weighted by atomic mass is 9.93. The molecule has 1 fully saturated rings. The van der Waals surface area contributed by atoms with Crippen molar-refractivity contribution in [1.82, 2.24) is 14.8 Å². The Bertz CT molecular complexity index is 1260. The first-order valence-corrected chi connectivity index (χ1v) is 12.2. The molecule has 172 valence electrons. The Balaban J connectivity index is 1.31. The summed E-state index contributed by atoms with van der Waals surface area (Å²) in [5.41, 5.74) is 9.18. The van der Waals surface area contributed by atoms with Crippen LogP contribution in [0.5, 0.6) is 0 Å². The fourth-order valence-corrected chi connectivity index (χ4v) is 5.48. The van der Waals surface area contributed by atoms with Crippen LogP contribution in [0.15, 0.2) is 59.9 Å². The number of carbonyl (C=O) groups is 1. The Morgan fingerprint density at radius 2 is 1.91 bits per heavy atom. The van der Waals surface area contributed by atoms with Crippen molar-refractivity contribution in [2.75, 3.05) is 25.0 Å². The van der Waals surface area contributed by atoms with Gasteiger partial charge < -0.3 is 10.2 Å². The maximum absolute atomic E-state index is 13.0. The number of aromatic nitrogens is 1. The number of amides is 1. The van der Waals surface area contributed by atoms with Crippen molar-refractivity contribution < 1.29 is 4.79 Å². The van der Waals surface area contributed by atoms with E-state index < -0.39 is 0 Å². The van der Waals surface area contributed by atoms with Crippen molar-refractivity contribution in [2.24, 2.45) is 4.99 Å². The lowest BCUT2D eigenvalue weighted by Crippen LogP contribution is -2.35. The van der Waals surface area contributed by atoms with Gasteiger partial charge in [0.2, 0.25) is 0 Å². The number of benzene rings is 2. The minimum absolute atomic E-state index is 0.0577. The van der Waals surface area contributed by atoms with Crippen LogP contribution in [-0.4, -0.2) is 46.7 Å². The van der Waals surface area contributed by atoms with Crippen molar-refractivity contribution >= 4 is 17.9 Å². The number of nitrogens with zero attached hydrogens (tertiary/aromatic N) is 4. The number of aliphatic imine (C=N–C) groups is 1. The molecule has 0 spiro atoms. The second-order valence-electron chi connectivity index (χ2n) is 9.50. The predicted octanol–water partition coefficient (Wildman–Crippen LogP) is 4.80. The molecule has 3 aliphatic heterocycles. The van der Waals surface area contributed by atoms with Crippen LogP contribution in [0.2, 0.25) is 0 Å². The van der Waals surface area contributed by atoms with Gasteiger partial charge in [-0.2, -0.15) is 0 Å². The molecule has 6 heteroatoms. The number of nitrogens with one attached hydrogen (secondary N) is 1. The molecule has 1 aromatic heterocycles. The van der Waals surface area contributed by atoms with Gasteiger partial charge in [0.05, 0.1) is 6.34 Å². The van der Waals surface area contributed by atoms with Gasteiger partial charge in [0.15, 0.2) is 0 Å². The summed E-state index contributed by atoms with van der Waals surface area (Å²) >= 11 is 0. The average Bonchev–Trinajstić information content (AvgIpc) is 3.43. The number of pyridine rings is 1. The molecular weight excluding hydrogens is 422 g/mol. The summed E-state index contributed by atoms with van der Waals surface area (Å²) in [6, 6.07) is 14.8. The van der Waals surface area contributed by atoms with E-state index in [9.17, 15) is 4.79 Å². The molecule has 1 N–H and O–H groups in total. The van der Waals surface area contributed by atoms with Gasteiger partial charge in [-0.3, -0.25) is 19.7 Å².